The van der Waals surface area contributed by atoms with E-state index < -0.39 is 0 Å². The second-order valence-corrected chi connectivity index (χ2v) is 12.7. The molecule has 0 spiro atoms. The molecule has 37 heavy (non-hydrogen) atoms. The minimum absolute atomic E-state index is 0.00257. The molecule has 5 aromatic rings. The van der Waals surface area contributed by atoms with Crippen LogP contribution < -0.4 is 4.57 Å². The molecule has 0 atom stereocenters. The highest BCUT2D eigenvalue weighted by Gasteiger charge is 2.57. The molecule has 3 aromatic carbocycles. The van der Waals surface area contributed by atoms with Gasteiger partial charge in [0.2, 0.25) is 5.69 Å². The van der Waals surface area contributed by atoms with E-state index in [1.54, 1.807) is 0 Å². The Morgan fingerprint density at radius 2 is 1.43 bits per heavy atom. The van der Waals surface area contributed by atoms with Crippen molar-refractivity contribution in [3.8, 4) is 22.4 Å². The first-order valence-corrected chi connectivity index (χ1v) is 13.4. The lowest BCUT2D eigenvalue weighted by molar-refractivity contribution is -0.660. The third kappa shape index (κ3) is 3.02. The molecule has 2 nitrogen and oxygen atoms in total. The molecule has 6 rings (SSSR count). The van der Waals surface area contributed by atoms with Gasteiger partial charge >= 0.3 is 0 Å². The van der Waals surface area contributed by atoms with Gasteiger partial charge in [0.1, 0.15) is 18.2 Å². The van der Waals surface area contributed by atoms with Gasteiger partial charge in [-0.3, -0.25) is 0 Å². The molecule has 2 heteroatoms. The summed E-state index contributed by atoms with van der Waals surface area (Å²) in [5.41, 5.74) is 12.4. The highest BCUT2D eigenvalue weighted by Crippen LogP contribution is 2.63. The van der Waals surface area contributed by atoms with Crippen molar-refractivity contribution in [1.29, 1.82) is 0 Å². The normalized spacial score (nSPS) is 17.4. The van der Waals surface area contributed by atoms with Crippen molar-refractivity contribution in [3.63, 3.8) is 0 Å². The van der Waals surface area contributed by atoms with Crippen LogP contribution in [0.25, 0.3) is 44.3 Å². The van der Waals surface area contributed by atoms with Crippen molar-refractivity contribution >= 4 is 21.9 Å². The number of rotatable bonds is 2. The zero-order chi connectivity index (χ0) is 26.5. The molecular formula is C35H38NO+. The molecule has 0 saturated heterocycles. The number of furan rings is 1. The molecule has 0 radical (unpaired) electrons. The molecular weight excluding hydrogens is 450 g/mol. The van der Waals surface area contributed by atoms with E-state index in [1.165, 1.54) is 49.7 Å². The maximum atomic E-state index is 6.92. The van der Waals surface area contributed by atoms with Gasteiger partial charge in [0.15, 0.2) is 6.20 Å². The molecule has 0 aliphatic heterocycles. The number of aromatic nitrogens is 1. The molecule has 1 aliphatic carbocycles. The van der Waals surface area contributed by atoms with Gasteiger partial charge in [-0.1, -0.05) is 89.6 Å². The Kier molecular flexibility index (Phi) is 4.90. The van der Waals surface area contributed by atoms with Gasteiger partial charge < -0.3 is 4.42 Å². The Bertz CT molecular complexity index is 1730. The molecule has 0 bridgehead atoms. The summed E-state index contributed by atoms with van der Waals surface area (Å²) in [7, 11) is 2.10. The summed E-state index contributed by atoms with van der Waals surface area (Å²) in [6, 6.07) is 22.3. The summed E-state index contributed by atoms with van der Waals surface area (Å²) >= 11 is 0. The van der Waals surface area contributed by atoms with E-state index in [2.05, 4.69) is 134 Å². The summed E-state index contributed by atoms with van der Waals surface area (Å²) in [4.78, 5) is 0. The summed E-state index contributed by atoms with van der Waals surface area (Å²) in [5, 5.41) is 2.35. The average Bonchev–Trinajstić information content (AvgIpc) is 3.26. The smallest absolute Gasteiger partial charge is 0.216 e. The Balaban J connectivity index is 1.72. The minimum atomic E-state index is 0.00257. The standard InChI is InChI=1S/C35H38NO/c1-21-19-26(30-27(20-21)33(3,4)35(7,8)34(30,5)6)24-14-12-13-23-25-17-16-22(2)29(32(25)37-31(23)24)28-15-10-11-18-36(28)9/h10-20H,1-9H3/q+1. The topological polar surface area (TPSA) is 17.0 Å². The Morgan fingerprint density at radius 1 is 0.703 bits per heavy atom. The molecule has 1 aliphatic rings. The van der Waals surface area contributed by atoms with Crippen LogP contribution in [0.1, 0.15) is 63.8 Å². The third-order valence-electron chi connectivity index (χ3n) is 10.2. The number of nitrogens with zero attached hydrogens (tertiary/aromatic N) is 1. The Labute approximate surface area is 221 Å². The lowest BCUT2D eigenvalue weighted by atomic mass is 9.59. The zero-order valence-corrected chi connectivity index (χ0v) is 23.7. The van der Waals surface area contributed by atoms with Crippen LogP contribution >= 0.6 is 0 Å². The highest BCUT2D eigenvalue weighted by atomic mass is 16.3. The van der Waals surface area contributed by atoms with Crippen LogP contribution in [0.5, 0.6) is 0 Å². The summed E-state index contributed by atoms with van der Waals surface area (Å²) in [6.45, 7) is 19.0. The second-order valence-electron chi connectivity index (χ2n) is 12.7. The third-order valence-corrected chi connectivity index (χ3v) is 10.2. The largest absolute Gasteiger partial charge is 0.454 e. The van der Waals surface area contributed by atoms with Crippen molar-refractivity contribution in [2.75, 3.05) is 0 Å². The SMILES string of the molecule is Cc1cc(-c2cccc3c2oc2c(-c4cccc[n+]4C)c(C)ccc23)c2c(c1)C(C)(C)C(C)(C)C2(C)C. The number of pyridine rings is 1. The first-order valence-electron chi connectivity index (χ1n) is 13.4. The zero-order valence-electron chi connectivity index (χ0n) is 23.7. The predicted molar refractivity (Wildman–Crippen MR) is 155 cm³/mol. The summed E-state index contributed by atoms with van der Waals surface area (Å²) in [5.74, 6) is 0. The highest BCUT2D eigenvalue weighted by molar-refractivity contribution is 6.13. The summed E-state index contributed by atoms with van der Waals surface area (Å²) < 4.78 is 9.09. The molecule has 2 heterocycles. The van der Waals surface area contributed by atoms with Crippen LogP contribution in [0.15, 0.2) is 71.3 Å². The number of hydrogen-bond donors (Lipinski definition) is 0. The number of para-hydroxylation sites is 1. The monoisotopic (exact) mass is 488 g/mol. The lowest BCUT2D eigenvalue weighted by Gasteiger charge is -2.44. The minimum Gasteiger partial charge on any atom is -0.454 e. The average molecular weight is 489 g/mol. The van der Waals surface area contributed by atoms with Gasteiger partial charge in [0, 0.05) is 28.5 Å². The van der Waals surface area contributed by atoms with Crippen LogP contribution in [0, 0.1) is 19.3 Å². The predicted octanol–water partition coefficient (Wildman–Crippen LogP) is 8.96. The van der Waals surface area contributed by atoms with Crippen LogP contribution in [0.2, 0.25) is 0 Å². The maximum Gasteiger partial charge on any atom is 0.216 e. The van der Waals surface area contributed by atoms with Gasteiger partial charge in [-0.25, -0.2) is 4.57 Å². The van der Waals surface area contributed by atoms with Crippen molar-refractivity contribution in [1.82, 2.24) is 0 Å². The molecule has 0 unspecified atom stereocenters. The van der Waals surface area contributed by atoms with Crippen LogP contribution in [0.4, 0.5) is 0 Å². The Morgan fingerprint density at radius 3 is 2.16 bits per heavy atom. The van der Waals surface area contributed by atoms with E-state index in [4.69, 9.17) is 4.42 Å². The molecule has 0 amide bonds. The number of aryl methyl sites for hydroxylation is 3. The fourth-order valence-electron chi connectivity index (χ4n) is 6.87. The number of hydrogen-bond acceptors (Lipinski definition) is 1. The van der Waals surface area contributed by atoms with E-state index in [-0.39, 0.29) is 16.2 Å². The number of fused-ring (bicyclic) bond motifs is 4. The molecule has 188 valence electrons. The molecule has 0 fully saturated rings. The molecule has 0 N–H and O–H groups in total. The summed E-state index contributed by atoms with van der Waals surface area (Å²) in [6.07, 6.45) is 2.10. The first-order chi connectivity index (χ1) is 17.4. The van der Waals surface area contributed by atoms with Gasteiger partial charge in [0.05, 0.1) is 5.56 Å². The first kappa shape index (κ1) is 24.0. The van der Waals surface area contributed by atoms with Crippen molar-refractivity contribution in [2.24, 2.45) is 12.5 Å². The fourth-order valence-corrected chi connectivity index (χ4v) is 6.87. The van der Waals surface area contributed by atoms with Crippen molar-refractivity contribution in [2.45, 2.75) is 66.2 Å². The van der Waals surface area contributed by atoms with Crippen LogP contribution in [-0.2, 0) is 17.9 Å². The van der Waals surface area contributed by atoms with Gasteiger partial charge in [0.25, 0.3) is 0 Å². The fraction of sp³-hybridized carbons (Fsp3) is 0.343. The number of benzene rings is 3. The van der Waals surface area contributed by atoms with Gasteiger partial charge in [-0.2, -0.15) is 0 Å². The second kappa shape index (κ2) is 7.57. The van der Waals surface area contributed by atoms with Gasteiger partial charge in [-0.15, -0.1) is 0 Å². The van der Waals surface area contributed by atoms with E-state index in [1.807, 2.05) is 0 Å². The molecule has 0 saturated carbocycles. The van der Waals surface area contributed by atoms with Crippen LogP contribution in [-0.4, -0.2) is 0 Å². The maximum absolute atomic E-state index is 6.92. The lowest BCUT2D eigenvalue weighted by Crippen LogP contribution is -2.42. The van der Waals surface area contributed by atoms with E-state index in [0.717, 1.165) is 16.9 Å². The van der Waals surface area contributed by atoms with Crippen LogP contribution in [0.3, 0.4) is 0 Å². The quantitative estimate of drug-likeness (QED) is 0.227. The van der Waals surface area contributed by atoms with E-state index >= 15 is 0 Å². The van der Waals surface area contributed by atoms with E-state index in [0.29, 0.717) is 0 Å². The van der Waals surface area contributed by atoms with Crippen molar-refractivity contribution < 1.29 is 8.98 Å². The van der Waals surface area contributed by atoms with E-state index in [9.17, 15) is 0 Å². The molecule has 2 aromatic heterocycles. The van der Waals surface area contributed by atoms with Gasteiger partial charge in [-0.05, 0) is 58.4 Å². The Hall–Kier alpha value is -3.39. The van der Waals surface area contributed by atoms with Crippen molar-refractivity contribution in [3.05, 3.63) is 89.1 Å².